The van der Waals surface area contributed by atoms with E-state index in [9.17, 15) is 0 Å². The number of halogens is 1. The van der Waals surface area contributed by atoms with E-state index in [0.29, 0.717) is 23.5 Å². The summed E-state index contributed by atoms with van der Waals surface area (Å²) in [5.41, 5.74) is 0.980. The Labute approximate surface area is 128 Å². The molecule has 0 aliphatic carbocycles. The molecule has 0 amide bonds. The molecule has 3 rings (SSSR count). The van der Waals surface area contributed by atoms with E-state index in [-0.39, 0.29) is 24.5 Å². The quantitative estimate of drug-likeness (QED) is 0.588. The van der Waals surface area contributed by atoms with Crippen LogP contribution in [-0.4, -0.2) is 43.2 Å². The van der Waals surface area contributed by atoms with Crippen molar-refractivity contribution in [3.63, 3.8) is 0 Å². The van der Waals surface area contributed by atoms with Gasteiger partial charge in [-0.15, -0.1) is 11.3 Å². The van der Waals surface area contributed by atoms with Crippen molar-refractivity contribution in [3.8, 4) is 6.01 Å². The van der Waals surface area contributed by atoms with E-state index in [1.807, 2.05) is 5.38 Å². The number of fused-ring (bicyclic) bond motifs is 1. The summed E-state index contributed by atoms with van der Waals surface area (Å²) in [6, 6.07) is 0.257. The molecule has 0 spiro atoms. The van der Waals surface area contributed by atoms with Crippen LogP contribution in [-0.2, 0) is 6.54 Å². The first-order chi connectivity index (χ1) is 10.3. The average Bonchev–Trinajstić information content (AvgIpc) is 3.11. The van der Waals surface area contributed by atoms with Gasteiger partial charge in [0.2, 0.25) is 5.28 Å². The molecule has 0 unspecified atom stereocenters. The Morgan fingerprint density at radius 2 is 2.29 bits per heavy atom. The molecule has 0 saturated carbocycles. The first-order valence-corrected chi connectivity index (χ1v) is 7.31. The Bertz CT molecular complexity index is 732. The highest BCUT2D eigenvalue weighted by atomic mass is 35.5. The monoisotopic (exact) mass is 326 g/mol. The van der Waals surface area contributed by atoms with Crippen LogP contribution < -0.4 is 10.1 Å². The molecule has 3 heterocycles. The Morgan fingerprint density at radius 1 is 1.38 bits per heavy atom. The highest BCUT2D eigenvalue weighted by Crippen LogP contribution is 2.23. The number of anilines is 1. The second-order valence-corrected chi connectivity index (χ2v) is 5.25. The molecule has 3 aromatic heterocycles. The molecule has 21 heavy (non-hydrogen) atoms. The van der Waals surface area contributed by atoms with Gasteiger partial charge in [-0.3, -0.25) is 4.98 Å². The summed E-state index contributed by atoms with van der Waals surface area (Å²) in [4.78, 5) is 19.5. The third-order valence-electron chi connectivity index (χ3n) is 2.52. The van der Waals surface area contributed by atoms with Crippen LogP contribution >= 0.6 is 22.9 Å². The Balaban J connectivity index is 1.87. The third kappa shape index (κ3) is 3.20. The van der Waals surface area contributed by atoms with Crippen molar-refractivity contribution in [2.45, 2.75) is 6.54 Å². The molecule has 0 aliphatic heterocycles. The predicted octanol–water partition coefficient (Wildman–Crippen LogP) is 1.45. The van der Waals surface area contributed by atoms with Crippen molar-refractivity contribution in [2.75, 3.05) is 18.5 Å². The molecule has 0 saturated heterocycles. The molecule has 3 aromatic rings. The lowest BCUT2D eigenvalue weighted by Gasteiger charge is -2.03. The van der Waals surface area contributed by atoms with Crippen LogP contribution in [0.5, 0.6) is 6.01 Å². The maximum atomic E-state index is 8.76. The molecule has 0 radical (unpaired) electrons. The van der Waals surface area contributed by atoms with Crippen LogP contribution in [0, 0.1) is 0 Å². The normalized spacial score (nSPS) is 11.0. The number of aliphatic hydroxyl groups excluding tert-OH is 1. The van der Waals surface area contributed by atoms with Crippen LogP contribution in [0.2, 0.25) is 5.28 Å². The Morgan fingerprint density at radius 3 is 3.05 bits per heavy atom. The second-order valence-electron chi connectivity index (χ2n) is 3.93. The van der Waals surface area contributed by atoms with Gasteiger partial charge in [0.05, 0.1) is 13.2 Å². The summed E-state index contributed by atoms with van der Waals surface area (Å²) in [5, 5.41) is 14.8. The second kappa shape index (κ2) is 6.20. The summed E-state index contributed by atoms with van der Waals surface area (Å²) >= 11 is 7.43. The fourth-order valence-corrected chi connectivity index (χ4v) is 2.41. The number of aliphatic hydroxyl groups is 1. The number of nitrogens with one attached hydrogen (secondary N) is 2. The molecular formula is C11H11ClN6O2S. The van der Waals surface area contributed by atoms with Gasteiger partial charge in [0.15, 0.2) is 17.0 Å². The number of hydrogen-bond acceptors (Lipinski definition) is 8. The Hall–Kier alpha value is -1.97. The molecule has 0 aliphatic rings. The number of thiazole rings is 1. The van der Waals surface area contributed by atoms with Gasteiger partial charge >= 0.3 is 0 Å². The lowest BCUT2D eigenvalue weighted by molar-refractivity contribution is 0.193. The van der Waals surface area contributed by atoms with Crippen LogP contribution in [0.25, 0.3) is 11.2 Å². The van der Waals surface area contributed by atoms with Crippen LogP contribution in [0.15, 0.2) is 11.6 Å². The van der Waals surface area contributed by atoms with Gasteiger partial charge in [-0.1, -0.05) is 0 Å². The lowest BCUT2D eigenvalue weighted by Crippen LogP contribution is -2.03. The van der Waals surface area contributed by atoms with Gasteiger partial charge in [0.25, 0.3) is 6.01 Å². The van der Waals surface area contributed by atoms with Gasteiger partial charge in [-0.25, -0.2) is 4.98 Å². The summed E-state index contributed by atoms with van der Waals surface area (Å²) in [5.74, 6) is 0.496. The van der Waals surface area contributed by atoms with Crippen LogP contribution in [0.1, 0.15) is 5.01 Å². The highest BCUT2D eigenvalue weighted by molar-refractivity contribution is 7.09. The largest absolute Gasteiger partial charge is 0.462 e. The zero-order valence-corrected chi connectivity index (χ0v) is 12.3. The standard InChI is InChI=1S/C11H11ClN6O2S/c12-10-16-8(14-5-6-13-1-4-21-6)7-9(17-10)18-11(15-7)20-3-2-19/h1,4,19H,2-3,5H2,(H2,14,15,16,17,18). The number of aromatic nitrogens is 5. The number of ether oxygens (including phenoxy) is 1. The smallest absolute Gasteiger partial charge is 0.296 e. The van der Waals surface area contributed by atoms with Gasteiger partial charge in [0, 0.05) is 11.6 Å². The summed E-state index contributed by atoms with van der Waals surface area (Å²) in [7, 11) is 0. The van der Waals surface area contributed by atoms with Gasteiger partial charge in [0.1, 0.15) is 11.6 Å². The molecule has 10 heteroatoms. The summed E-state index contributed by atoms with van der Waals surface area (Å²) < 4.78 is 5.22. The molecule has 0 bridgehead atoms. The topological polar surface area (TPSA) is 109 Å². The average molecular weight is 327 g/mol. The predicted molar refractivity (Wildman–Crippen MR) is 78.7 cm³/mol. The summed E-state index contributed by atoms with van der Waals surface area (Å²) in [6.45, 7) is 0.557. The van der Waals surface area contributed by atoms with E-state index < -0.39 is 0 Å². The first-order valence-electron chi connectivity index (χ1n) is 6.05. The SMILES string of the molecule is OCCOc1nc2c(NCc3nccs3)nc(Cl)nc2[nH]1. The zero-order valence-electron chi connectivity index (χ0n) is 10.7. The molecule has 110 valence electrons. The van der Waals surface area contributed by atoms with Crippen molar-refractivity contribution < 1.29 is 9.84 Å². The zero-order chi connectivity index (χ0) is 14.7. The number of hydrogen-bond donors (Lipinski definition) is 3. The first kappa shape index (κ1) is 14.0. The number of rotatable bonds is 6. The van der Waals surface area contributed by atoms with Crippen LogP contribution in [0.4, 0.5) is 5.82 Å². The van der Waals surface area contributed by atoms with E-state index in [4.69, 9.17) is 21.4 Å². The van der Waals surface area contributed by atoms with Gasteiger partial charge in [-0.2, -0.15) is 15.0 Å². The molecule has 8 nitrogen and oxygen atoms in total. The lowest BCUT2D eigenvalue weighted by atomic mass is 10.5. The Kier molecular flexibility index (Phi) is 4.13. The van der Waals surface area contributed by atoms with Crippen molar-refractivity contribution in [3.05, 3.63) is 21.9 Å². The van der Waals surface area contributed by atoms with Crippen molar-refractivity contribution in [1.82, 2.24) is 24.9 Å². The maximum absolute atomic E-state index is 8.76. The van der Waals surface area contributed by atoms with Crippen molar-refractivity contribution in [2.24, 2.45) is 0 Å². The summed E-state index contributed by atoms with van der Waals surface area (Å²) in [6.07, 6.45) is 1.74. The minimum atomic E-state index is -0.0986. The molecule has 0 fully saturated rings. The fraction of sp³-hybridized carbons (Fsp3) is 0.273. The van der Waals surface area contributed by atoms with Crippen LogP contribution in [0.3, 0.4) is 0 Å². The van der Waals surface area contributed by atoms with E-state index in [1.54, 1.807) is 6.20 Å². The highest BCUT2D eigenvalue weighted by Gasteiger charge is 2.13. The molecule has 0 aromatic carbocycles. The van der Waals surface area contributed by atoms with Crippen molar-refractivity contribution in [1.29, 1.82) is 0 Å². The fourth-order valence-electron chi connectivity index (χ4n) is 1.68. The maximum Gasteiger partial charge on any atom is 0.296 e. The minimum Gasteiger partial charge on any atom is -0.462 e. The number of imidazole rings is 1. The molecule has 3 N–H and O–H groups in total. The van der Waals surface area contributed by atoms with Gasteiger partial charge < -0.3 is 15.2 Å². The van der Waals surface area contributed by atoms with Crippen molar-refractivity contribution >= 4 is 39.9 Å². The number of nitrogens with zero attached hydrogens (tertiary/aromatic N) is 4. The van der Waals surface area contributed by atoms with E-state index in [0.717, 1.165) is 5.01 Å². The molecule has 0 atom stereocenters. The minimum absolute atomic E-state index is 0.0986. The van der Waals surface area contributed by atoms with Gasteiger partial charge in [-0.05, 0) is 11.6 Å². The third-order valence-corrected chi connectivity index (χ3v) is 3.46. The number of aromatic amines is 1. The number of H-pyrrole nitrogens is 1. The van der Waals surface area contributed by atoms with E-state index in [2.05, 4.69) is 30.2 Å². The van der Waals surface area contributed by atoms with E-state index in [1.165, 1.54) is 11.3 Å². The molecular weight excluding hydrogens is 316 g/mol. The van der Waals surface area contributed by atoms with E-state index >= 15 is 0 Å².